The molecule has 0 spiro atoms. The summed E-state index contributed by atoms with van der Waals surface area (Å²) in [5, 5.41) is 9.94. The summed E-state index contributed by atoms with van der Waals surface area (Å²) in [6.07, 6.45) is 3.63. The van der Waals surface area contributed by atoms with Crippen LogP contribution in [0.1, 0.15) is 13.3 Å². The highest BCUT2D eigenvalue weighted by molar-refractivity contribution is 4.89. The molecule has 1 fully saturated rings. The zero-order valence-corrected chi connectivity index (χ0v) is 6.40. The van der Waals surface area contributed by atoms with Crippen LogP contribution in [0.3, 0.4) is 0 Å². The van der Waals surface area contributed by atoms with E-state index in [0.29, 0.717) is 6.61 Å². The Kier molecular flexibility index (Phi) is 2.59. The van der Waals surface area contributed by atoms with Crippen molar-refractivity contribution in [3.8, 4) is 0 Å². The van der Waals surface area contributed by atoms with Crippen molar-refractivity contribution in [3.05, 3.63) is 22.4 Å². The van der Waals surface area contributed by atoms with Gasteiger partial charge >= 0.3 is 0 Å². The zero-order chi connectivity index (χ0) is 8.27. The fourth-order valence-corrected chi connectivity index (χ4v) is 1.18. The van der Waals surface area contributed by atoms with Crippen LogP contribution in [0.5, 0.6) is 0 Å². The number of hydrogen-bond acceptors (Lipinski definition) is 3. The van der Waals surface area contributed by atoms with Crippen LogP contribution >= 0.6 is 0 Å². The molecule has 1 heterocycles. The fourth-order valence-electron chi connectivity index (χ4n) is 1.18. The van der Waals surface area contributed by atoms with E-state index >= 15 is 0 Å². The third-order valence-corrected chi connectivity index (χ3v) is 1.89. The quantitative estimate of drug-likeness (QED) is 0.447. The predicted molar refractivity (Wildman–Crippen MR) is 39.7 cm³/mol. The van der Waals surface area contributed by atoms with E-state index in [2.05, 4.69) is 0 Å². The molecular formula is C7H11NO3. The Bertz CT molecular complexity index is 179. The summed E-state index contributed by atoms with van der Waals surface area (Å²) in [6, 6.07) is 0. The first-order valence-corrected chi connectivity index (χ1v) is 3.63. The maximum Gasteiger partial charge on any atom is 0.230 e. The highest BCUT2D eigenvalue weighted by Gasteiger charge is 2.22. The molecule has 1 saturated heterocycles. The van der Waals surface area contributed by atoms with E-state index in [4.69, 9.17) is 4.74 Å². The number of nitrogens with zero attached hydrogens (tertiary/aromatic N) is 1. The Morgan fingerprint density at radius 3 is 2.91 bits per heavy atom. The molecule has 4 nitrogen and oxygen atoms in total. The fraction of sp³-hybridized carbons (Fsp3) is 0.714. The van der Waals surface area contributed by atoms with Crippen LogP contribution in [-0.2, 0) is 4.74 Å². The summed E-state index contributed by atoms with van der Waals surface area (Å²) in [5.41, 5.74) is 0. The van der Waals surface area contributed by atoms with Crippen molar-refractivity contribution < 1.29 is 9.66 Å². The Balaban J connectivity index is 2.42. The zero-order valence-electron chi connectivity index (χ0n) is 6.40. The minimum Gasteiger partial charge on any atom is -0.378 e. The lowest BCUT2D eigenvalue weighted by molar-refractivity contribution is -0.402. The second-order valence-corrected chi connectivity index (χ2v) is 2.66. The van der Waals surface area contributed by atoms with Crippen LogP contribution in [0.4, 0.5) is 0 Å². The molecule has 1 rings (SSSR count). The molecule has 0 aliphatic carbocycles. The Morgan fingerprint density at radius 1 is 1.73 bits per heavy atom. The molecule has 0 aromatic rings. The van der Waals surface area contributed by atoms with Crippen LogP contribution in [0.25, 0.3) is 0 Å². The van der Waals surface area contributed by atoms with Gasteiger partial charge in [0.2, 0.25) is 6.20 Å². The molecule has 0 amide bonds. The van der Waals surface area contributed by atoms with Crippen LogP contribution in [-0.4, -0.2) is 17.6 Å². The average Bonchev–Trinajstić information content (AvgIpc) is 2.31. The van der Waals surface area contributed by atoms with Gasteiger partial charge < -0.3 is 4.74 Å². The van der Waals surface area contributed by atoms with Crippen LogP contribution in [0.2, 0.25) is 0 Å². The smallest absolute Gasteiger partial charge is 0.230 e. The van der Waals surface area contributed by atoms with Gasteiger partial charge in [0.15, 0.2) is 0 Å². The van der Waals surface area contributed by atoms with Gasteiger partial charge in [0.1, 0.15) is 0 Å². The summed E-state index contributed by atoms with van der Waals surface area (Å²) in [4.78, 5) is 9.50. The van der Waals surface area contributed by atoms with E-state index < -0.39 is 4.92 Å². The maximum absolute atomic E-state index is 9.94. The molecule has 2 atom stereocenters. The van der Waals surface area contributed by atoms with Crippen LogP contribution in [0, 0.1) is 16.0 Å². The van der Waals surface area contributed by atoms with Crippen molar-refractivity contribution in [2.45, 2.75) is 19.4 Å². The van der Waals surface area contributed by atoms with Crippen LogP contribution in [0.15, 0.2) is 12.3 Å². The molecular weight excluding hydrogens is 146 g/mol. The lowest BCUT2D eigenvalue weighted by Gasteiger charge is -2.05. The van der Waals surface area contributed by atoms with E-state index in [1.807, 2.05) is 6.92 Å². The van der Waals surface area contributed by atoms with Gasteiger partial charge in [-0.3, -0.25) is 10.1 Å². The Morgan fingerprint density at radius 2 is 2.45 bits per heavy atom. The van der Waals surface area contributed by atoms with Crippen molar-refractivity contribution in [2.75, 3.05) is 6.61 Å². The van der Waals surface area contributed by atoms with Gasteiger partial charge in [-0.15, -0.1) is 0 Å². The third kappa shape index (κ3) is 2.31. The summed E-state index contributed by atoms with van der Waals surface area (Å²) in [7, 11) is 0. The third-order valence-electron chi connectivity index (χ3n) is 1.89. The molecule has 4 heteroatoms. The molecule has 0 bridgehead atoms. The molecule has 62 valence electrons. The standard InChI is InChI=1S/C7H11NO3/c1-6-7(3-5-11-6)2-4-8(9)10/h2,4,6-7H,3,5H2,1H3/b4-2+. The molecule has 1 aliphatic heterocycles. The molecule has 11 heavy (non-hydrogen) atoms. The summed E-state index contributed by atoms with van der Waals surface area (Å²) < 4.78 is 5.22. The van der Waals surface area contributed by atoms with Gasteiger partial charge in [-0.05, 0) is 19.4 Å². The predicted octanol–water partition coefficient (Wildman–Crippen LogP) is 1.20. The summed E-state index contributed by atoms with van der Waals surface area (Å²) in [5.74, 6) is 0.223. The van der Waals surface area contributed by atoms with Crippen molar-refractivity contribution in [3.63, 3.8) is 0 Å². The molecule has 1 aliphatic rings. The minimum atomic E-state index is -0.439. The lowest BCUT2D eigenvalue weighted by atomic mass is 10.0. The average molecular weight is 157 g/mol. The highest BCUT2D eigenvalue weighted by Crippen LogP contribution is 2.21. The van der Waals surface area contributed by atoms with Crippen molar-refractivity contribution in [1.29, 1.82) is 0 Å². The molecule has 0 radical (unpaired) electrons. The van der Waals surface area contributed by atoms with E-state index in [-0.39, 0.29) is 12.0 Å². The van der Waals surface area contributed by atoms with Gasteiger partial charge in [0.05, 0.1) is 11.0 Å². The first-order valence-electron chi connectivity index (χ1n) is 3.63. The van der Waals surface area contributed by atoms with Gasteiger partial charge in [-0.1, -0.05) is 0 Å². The van der Waals surface area contributed by atoms with E-state index in [0.717, 1.165) is 12.6 Å². The van der Waals surface area contributed by atoms with Gasteiger partial charge in [0.25, 0.3) is 0 Å². The van der Waals surface area contributed by atoms with Crippen molar-refractivity contribution >= 4 is 0 Å². The monoisotopic (exact) mass is 157 g/mol. The highest BCUT2D eigenvalue weighted by atomic mass is 16.6. The topological polar surface area (TPSA) is 52.4 Å². The Labute approximate surface area is 65.0 Å². The van der Waals surface area contributed by atoms with Crippen molar-refractivity contribution in [2.24, 2.45) is 5.92 Å². The number of ether oxygens (including phenoxy) is 1. The van der Waals surface area contributed by atoms with E-state index in [1.54, 1.807) is 6.08 Å². The largest absolute Gasteiger partial charge is 0.378 e. The SMILES string of the molecule is CC1OCCC1/C=C/[N+](=O)[O-]. The van der Waals surface area contributed by atoms with E-state index in [9.17, 15) is 10.1 Å². The molecule has 2 unspecified atom stereocenters. The molecule has 0 saturated carbocycles. The summed E-state index contributed by atoms with van der Waals surface area (Å²) >= 11 is 0. The van der Waals surface area contributed by atoms with Gasteiger partial charge in [0, 0.05) is 12.5 Å². The second-order valence-electron chi connectivity index (χ2n) is 2.66. The molecule has 0 aromatic heterocycles. The molecule has 0 N–H and O–H groups in total. The summed E-state index contributed by atoms with van der Waals surface area (Å²) in [6.45, 7) is 2.65. The first kappa shape index (κ1) is 8.20. The van der Waals surface area contributed by atoms with Crippen LogP contribution < -0.4 is 0 Å². The number of nitro groups is 1. The van der Waals surface area contributed by atoms with E-state index in [1.165, 1.54) is 0 Å². The second kappa shape index (κ2) is 3.48. The Hall–Kier alpha value is -0.900. The number of hydrogen-bond donors (Lipinski definition) is 0. The molecule has 0 aromatic carbocycles. The van der Waals surface area contributed by atoms with Gasteiger partial charge in [-0.2, -0.15) is 0 Å². The first-order chi connectivity index (χ1) is 5.20. The number of rotatable bonds is 2. The van der Waals surface area contributed by atoms with Gasteiger partial charge in [-0.25, -0.2) is 0 Å². The normalized spacial score (nSPS) is 31.4. The maximum atomic E-state index is 9.94. The minimum absolute atomic E-state index is 0.131. The van der Waals surface area contributed by atoms with Crippen molar-refractivity contribution in [1.82, 2.24) is 0 Å². The lowest BCUT2D eigenvalue weighted by Crippen LogP contribution is -2.08.